The number of ether oxygens (including phenoxy) is 1. The molecule has 6 heteroatoms. The molecule has 0 saturated carbocycles. The second-order valence-corrected chi connectivity index (χ2v) is 24.5. The molecule has 7 aromatic carbocycles. The van der Waals surface area contributed by atoms with Crippen LogP contribution in [0.1, 0.15) is 130 Å². The minimum Gasteiger partial charge on any atom is -0.509 e. The molecule has 0 bridgehead atoms. The number of hydrogen-bond acceptors (Lipinski definition) is 4. The van der Waals surface area contributed by atoms with Crippen LogP contribution in [0.5, 0.6) is 11.5 Å². The zero-order chi connectivity index (χ0) is 51.1. The molecule has 0 unspecified atom stereocenters. The molecule has 1 aliphatic heterocycles. The molecule has 376 valence electrons. The van der Waals surface area contributed by atoms with E-state index in [-0.39, 0.29) is 48.1 Å². The largest absolute Gasteiger partial charge is 0.509 e. The van der Waals surface area contributed by atoms with Crippen molar-refractivity contribution in [3.63, 3.8) is 0 Å². The summed E-state index contributed by atoms with van der Waals surface area (Å²) in [5, 5.41) is 2.26. The third-order valence-corrected chi connectivity index (χ3v) is 14.6. The fourth-order valence-electron chi connectivity index (χ4n) is 9.91. The minimum absolute atomic E-state index is 0. The summed E-state index contributed by atoms with van der Waals surface area (Å²) in [5.74, 6) is 2.06. The van der Waals surface area contributed by atoms with Gasteiger partial charge in [0, 0.05) is 61.3 Å². The maximum atomic E-state index is 7.08. The summed E-state index contributed by atoms with van der Waals surface area (Å²) in [6, 6.07) is 62.9. The molecule has 0 saturated heterocycles. The van der Waals surface area contributed by atoms with Gasteiger partial charge in [0.1, 0.15) is 5.82 Å². The topological polar surface area (TPSA) is 33.5 Å². The summed E-state index contributed by atoms with van der Waals surface area (Å²) in [5.41, 5.74) is 15.3. The summed E-state index contributed by atoms with van der Waals surface area (Å²) in [6.45, 7) is 34.1. The minimum atomic E-state index is -0.387. The van der Waals surface area contributed by atoms with Crippen LogP contribution in [0, 0.1) is 18.8 Å². The van der Waals surface area contributed by atoms with Crippen molar-refractivity contribution in [3.8, 4) is 28.4 Å². The average molecular weight is 1140 g/mol. The number of nitrogens with zero attached hydrogens (tertiary/aromatic N) is 4. The molecule has 1 aliphatic rings. The van der Waals surface area contributed by atoms with Crippen molar-refractivity contribution < 1.29 is 25.8 Å². The monoisotopic (exact) mass is 1140 g/mol. The van der Waals surface area contributed by atoms with Crippen LogP contribution < -0.4 is 14.5 Å². The van der Waals surface area contributed by atoms with Crippen LogP contribution in [0.2, 0.25) is 0 Å². The Morgan fingerprint density at radius 1 is 0.452 bits per heavy atom. The van der Waals surface area contributed by atoms with Gasteiger partial charge >= 0.3 is 0 Å². The summed E-state index contributed by atoms with van der Waals surface area (Å²) in [6.07, 6.45) is 1.93. The smallest absolute Gasteiger partial charge is 0.135 e. The Bertz CT molecular complexity index is 3490. The molecule has 0 radical (unpaired) electrons. The molecule has 0 N–H and O–H groups in total. The van der Waals surface area contributed by atoms with Crippen LogP contribution in [0.15, 0.2) is 158 Å². The number of hydrogen-bond donors (Lipinski definition) is 0. The average Bonchev–Trinajstić information content (AvgIpc) is 3.89. The summed E-state index contributed by atoms with van der Waals surface area (Å²) < 4.78 is 9.33. The molecule has 0 atom stereocenters. The van der Waals surface area contributed by atoms with Gasteiger partial charge in [0.25, 0.3) is 0 Å². The van der Waals surface area contributed by atoms with Crippen molar-refractivity contribution in [2.45, 2.75) is 124 Å². The van der Waals surface area contributed by atoms with E-state index in [9.17, 15) is 0 Å². The van der Waals surface area contributed by atoms with Gasteiger partial charge in [-0.3, -0.25) is 0 Å². The standard InChI is InChI=1S/C67H69N4O.Pt/c1-63(2,3)47-25-29-58-57(38-47)56-28-27-54(42-60(56)71(58)62-40-49(31-32-68-62)65(7,8)9)72-55-37-51(67(13,14)46-23-19-16-20-24-46)36-53(41-55)69-43-70(61-39-48(64(4,5)6)26-30-59(61)69)52-34-45(44-21-17-15-18-22-44)33-50(35-52)66(10,11)12;/h15-40,43H,1-14H3;/q-3;. The molecule has 0 spiro atoms. The maximum absolute atomic E-state index is 7.08. The Morgan fingerprint density at radius 3 is 1.75 bits per heavy atom. The van der Waals surface area contributed by atoms with E-state index in [1.807, 2.05) is 6.20 Å². The number of rotatable bonds is 8. The fraction of sp³-hybridized carbons (Fsp3) is 0.284. The molecule has 0 amide bonds. The van der Waals surface area contributed by atoms with Crippen molar-refractivity contribution >= 4 is 44.6 Å². The molecule has 0 aliphatic carbocycles. The first-order valence-electron chi connectivity index (χ1n) is 25.5. The first-order valence-corrected chi connectivity index (χ1v) is 25.5. The van der Waals surface area contributed by atoms with E-state index in [1.54, 1.807) is 0 Å². The molecule has 73 heavy (non-hydrogen) atoms. The molecule has 5 nitrogen and oxygen atoms in total. The predicted molar refractivity (Wildman–Crippen MR) is 303 cm³/mol. The third kappa shape index (κ3) is 10.0. The normalized spacial score (nSPS) is 13.4. The van der Waals surface area contributed by atoms with Crippen LogP contribution >= 0.6 is 0 Å². The first kappa shape index (κ1) is 51.5. The number of pyridine rings is 1. The van der Waals surface area contributed by atoms with E-state index < -0.39 is 0 Å². The third-order valence-electron chi connectivity index (χ3n) is 14.6. The van der Waals surface area contributed by atoms with Gasteiger partial charge in [-0.25, -0.2) is 4.98 Å². The van der Waals surface area contributed by atoms with Crippen molar-refractivity contribution in [2.75, 3.05) is 9.80 Å². The van der Waals surface area contributed by atoms with E-state index in [2.05, 4.69) is 282 Å². The molecule has 0 fully saturated rings. The fourth-order valence-corrected chi connectivity index (χ4v) is 9.91. The molecule has 2 aromatic heterocycles. The van der Waals surface area contributed by atoms with E-state index >= 15 is 0 Å². The molecular formula is C67H69N4OPt-3. The van der Waals surface area contributed by atoms with E-state index in [0.717, 1.165) is 55.9 Å². The molecule has 9 aromatic rings. The zero-order valence-corrected chi connectivity index (χ0v) is 47.4. The first-order chi connectivity index (χ1) is 33.9. The Balaban J connectivity index is 0.00000656. The molecule has 10 rings (SSSR count). The Hall–Kier alpha value is -6.42. The summed E-state index contributed by atoms with van der Waals surface area (Å²) in [4.78, 5) is 9.64. The quantitative estimate of drug-likeness (QED) is 0.142. The Kier molecular flexibility index (Phi) is 13.3. The van der Waals surface area contributed by atoms with Crippen LogP contribution in [0.25, 0.3) is 38.8 Å². The number of fused-ring (bicyclic) bond motifs is 4. The van der Waals surface area contributed by atoms with Crippen LogP contribution in [0.4, 0.5) is 22.7 Å². The molecule has 3 heterocycles. The Labute approximate surface area is 449 Å². The SMILES string of the molecule is CC(C)(C)c1cc(-c2ccccc2)cc(N2[CH-]N(c3[c-]c(Oc4[c-]c5c(cc4)c4cc(C(C)(C)C)ccc4n5-c4cc(C(C)(C)C)ccn4)cc(C(C)(C)c4ccccc4)c3)c3ccc(C(C)(C)C)cc32)c1.[Pt]. The van der Waals surface area contributed by atoms with Crippen LogP contribution in [-0.4, -0.2) is 9.55 Å². The number of anilines is 4. The summed E-state index contributed by atoms with van der Waals surface area (Å²) in [7, 11) is 0. The van der Waals surface area contributed by atoms with Gasteiger partial charge < -0.3 is 19.1 Å². The van der Waals surface area contributed by atoms with Gasteiger partial charge in [0.15, 0.2) is 0 Å². The second kappa shape index (κ2) is 18.8. The number of aromatic nitrogens is 2. The van der Waals surface area contributed by atoms with Crippen molar-refractivity contribution in [3.05, 3.63) is 210 Å². The van der Waals surface area contributed by atoms with Gasteiger partial charge in [-0.15, -0.1) is 53.6 Å². The molecular weight excluding hydrogens is 1070 g/mol. The van der Waals surface area contributed by atoms with Crippen molar-refractivity contribution in [2.24, 2.45) is 0 Å². The van der Waals surface area contributed by atoms with E-state index in [0.29, 0.717) is 11.5 Å². The van der Waals surface area contributed by atoms with Gasteiger partial charge in [-0.2, -0.15) is 6.07 Å². The van der Waals surface area contributed by atoms with Gasteiger partial charge in [0.2, 0.25) is 0 Å². The van der Waals surface area contributed by atoms with Gasteiger partial charge in [-0.05, 0) is 114 Å². The number of benzene rings is 7. The van der Waals surface area contributed by atoms with Gasteiger partial charge in [-0.1, -0.05) is 187 Å². The van der Waals surface area contributed by atoms with Gasteiger partial charge in [0.05, 0.1) is 0 Å². The Morgan fingerprint density at radius 2 is 1.08 bits per heavy atom. The zero-order valence-electron chi connectivity index (χ0n) is 45.1. The van der Waals surface area contributed by atoms with Crippen LogP contribution in [-0.2, 0) is 48.1 Å². The van der Waals surface area contributed by atoms with Crippen LogP contribution in [0.3, 0.4) is 0 Å². The maximum Gasteiger partial charge on any atom is 0.135 e. The van der Waals surface area contributed by atoms with E-state index in [1.165, 1.54) is 38.9 Å². The predicted octanol–water partition coefficient (Wildman–Crippen LogP) is 18.2. The van der Waals surface area contributed by atoms with E-state index in [4.69, 9.17) is 9.72 Å². The van der Waals surface area contributed by atoms with Crippen molar-refractivity contribution in [1.82, 2.24) is 9.55 Å². The van der Waals surface area contributed by atoms with Crippen molar-refractivity contribution in [1.29, 1.82) is 0 Å². The summed E-state index contributed by atoms with van der Waals surface area (Å²) >= 11 is 0. The second-order valence-electron chi connectivity index (χ2n) is 24.5.